The number of fused-ring (bicyclic) bond motifs is 1. The summed E-state index contributed by atoms with van der Waals surface area (Å²) in [6.07, 6.45) is 4.65. The van der Waals surface area contributed by atoms with Gasteiger partial charge in [-0.1, -0.05) is 18.6 Å². The fraction of sp³-hybridized carbons (Fsp3) is 0.462. The minimum absolute atomic E-state index is 0.0808. The molecule has 5 rings (SSSR count). The molecule has 4 aromatic rings. The first-order valence-corrected chi connectivity index (χ1v) is 12.3. The van der Waals surface area contributed by atoms with Gasteiger partial charge in [0.1, 0.15) is 5.76 Å². The largest absolute Gasteiger partial charge is 0.468 e. The third-order valence-corrected chi connectivity index (χ3v) is 6.77. The van der Waals surface area contributed by atoms with E-state index in [1.54, 1.807) is 6.26 Å². The first-order chi connectivity index (χ1) is 17.0. The number of hydrogen-bond donors (Lipinski definition) is 1. The van der Waals surface area contributed by atoms with Crippen molar-refractivity contribution in [2.75, 3.05) is 6.61 Å². The number of hydrogen-bond acceptors (Lipinski definition) is 7. The van der Waals surface area contributed by atoms with Crippen LogP contribution in [0.2, 0.25) is 0 Å². The lowest BCUT2D eigenvalue weighted by Crippen LogP contribution is -2.33. The van der Waals surface area contributed by atoms with Gasteiger partial charge in [0.05, 0.1) is 37.0 Å². The van der Waals surface area contributed by atoms with Crippen molar-refractivity contribution >= 4 is 10.9 Å². The van der Waals surface area contributed by atoms with E-state index >= 15 is 0 Å². The normalized spacial score (nSPS) is 17.0. The predicted octanol–water partition coefficient (Wildman–Crippen LogP) is 4.06. The summed E-state index contributed by atoms with van der Waals surface area (Å²) in [7, 11) is 0. The number of aryl methyl sites for hydroxylation is 2. The highest BCUT2D eigenvalue weighted by Crippen LogP contribution is 2.28. The lowest BCUT2D eigenvalue weighted by atomic mass is 10.0. The van der Waals surface area contributed by atoms with E-state index < -0.39 is 0 Å². The number of rotatable bonds is 9. The predicted molar refractivity (Wildman–Crippen MR) is 132 cm³/mol. The van der Waals surface area contributed by atoms with Gasteiger partial charge in [-0.2, -0.15) is 0 Å². The Labute approximate surface area is 204 Å². The molecule has 0 unspecified atom stereocenters. The molecule has 1 aliphatic rings. The number of aromatic nitrogens is 5. The van der Waals surface area contributed by atoms with Crippen molar-refractivity contribution in [3.05, 3.63) is 75.2 Å². The van der Waals surface area contributed by atoms with Gasteiger partial charge >= 0.3 is 0 Å². The molecule has 1 aromatic carbocycles. The van der Waals surface area contributed by atoms with Crippen molar-refractivity contribution in [3.8, 4) is 0 Å². The average molecular weight is 477 g/mol. The van der Waals surface area contributed by atoms with Crippen LogP contribution in [0.25, 0.3) is 10.9 Å². The van der Waals surface area contributed by atoms with Crippen LogP contribution < -0.4 is 5.56 Å². The molecule has 1 saturated heterocycles. The van der Waals surface area contributed by atoms with Crippen LogP contribution in [0.15, 0.2) is 45.8 Å². The van der Waals surface area contributed by atoms with E-state index in [1.165, 1.54) is 5.56 Å². The molecule has 1 N–H and O–H groups in total. The molecule has 1 aliphatic heterocycles. The highest BCUT2D eigenvalue weighted by Gasteiger charge is 2.28. The minimum atomic E-state index is -0.106. The van der Waals surface area contributed by atoms with E-state index in [9.17, 15) is 4.79 Å². The average Bonchev–Trinajstić information content (AvgIpc) is 3.60. The number of nitrogens with one attached hydrogen (secondary N) is 1. The molecule has 4 heterocycles. The van der Waals surface area contributed by atoms with E-state index in [4.69, 9.17) is 9.15 Å². The lowest BCUT2D eigenvalue weighted by Gasteiger charge is -2.29. The molecule has 2 atom stereocenters. The quantitative estimate of drug-likeness (QED) is 0.389. The Morgan fingerprint density at radius 2 is 2.14 bits per heavy atom. The molecule has 3 aromatic heterocycles. The van der Waals surface area contributed by atoms with Crippen LogP contribution in [0.3, 0.4) is 0 Å². The number of H-pyrrole nitrogens is 1. The third kappa shape index (κ3) is 5.06. The van der Waals surface area contributed by atoms with Gasteiger partial charge in [0, 0.05) is 18.7 Å². The van der Waals surface area contributed by atoms with Crippen LogP contribution in [-0.2, 0) is 24.4 Å². The summed E-state index contributed by atoms with van der Waals surface area (Å²) >= 11 is 0. The Bertz CT molecular complexity index is 1340. The van der Waals surface area contributed by atoms with Crippen LogP contribution in [0.1, 0.15) is 60.5 Å². The zero-order chi connectivity index (χ0) is 24.4. The summed E-state index contributed by atoms with van der Waals surface area (Å²) in [6.45, 7) is 8.59. The van der Waals surface area contributed by atoms with Crippen LogP contribution in [0.4, 0.5) is 0 Å². The topological polar surface area (TPSA) is 102 Å². The highest BCUT2D eigenvalue weighted by molar-refractivity contribution is 5.82. The third-order valence-electron chi connectivity index (χ3n) is 6.77. The Morgan fingerprint density at radius 1 is 1.26 bits per heavy atom. The van der Waals surface area contributed by atoms with Gasteiger partial charge in [0.25, 0.3) is 5.56 Å². The number of furan rings is 1. The van der Waals surface area contributed by atoms with E-state index in [1.807, 2.05) is 29.8 Å². The van der Waals surface area contributed by atoms with Crippen LogP contribution in [0, 0.1) is 13.8 Å². The molecule has 0 aliphatic carbocycles. The van der Waals surface area contributed by atoms with E-state index in [-0.39, 0.29) is 17.7 Å². The van der Waals surface area contributed by atoms with Crippen molar-refractivity contribution in [2.24, 2.45) is 0 Å². The van der Waals surface area contributed by atoms with Gasteiger partial charge in [-0.05, 0) is 78.8 Å². The maximum Gasteiger partial charge on any atom is 0.252 e. The van der Waals surface area contributed by atoms with Gasteiger partial charge in [-0.25, -0.2) is 4.68 Å². The summed E-state index contributed by atoms with van der Waals surface area (Å²) in [5.41, 5.74) is 3.74. The van der Waals surface area contributed by atoms with Crippen molar-refractivity contribution in [2.45, 2.75) is 71.8 Å². The fourth-order valence-electron chi connectivity index (χ4n) is 5.11. The Kier molecular flexibility index (Phi) is 6.79. The lowest BCUT2D eigenvalue weighted by molar-refractivity contribution is 0.0882. The zero-order valence-corrected chi connectivity index (χ0v) is 20.5. The molecule has 9 nitrogen and oxygen atoms in total. The summed E-state index contributed by atoms with van der Waals surface area (Å²) < 4.78 is 13.4. The summed E-state index contributed by atoms with van der Waals surface area (Å²) in [5, 5.41) is 13.7. The van der Waals surface area contributed by atoms with Crippen molar-refractivity contribution in [3.63, 3.8) is 0 Å². The summed E-state index contributed by atoms with van der Waals surface area (Å²) in [6, 6.07) is 9.92. The van der Waals surface area contributed by atoms with Gasteiger partial charge in [-0.3, -0.25) is 9.69 Å². The monoisotopic (exact) mass is 476 g/mol. The van der Waals surface area contributed by atoms with Crippen molar-refractivity contribution in [1.82, 2.24) is 30.1 Å². The van der Waals surface area contributed by atoms with Crippen molar-refractivity contribution in [1.29, 1.82) is 0 Å². The standard InChI is InChI=1S/C26H32N6O3/c1-4-23(25-28-29-30-32(25)16-22-8-6-10-35-22)31(15-21-7-5-9-34-21)14-20-13-19-12-17(2)11-18(3)24(19)27-26(20)33/h5,7,9,11-13,22-23H,4,6,8,10,14-16H2,1-3H3,(H,27,33)/t22-,23-/m0/s1. The van der Waals surface area contributed by atoms with Gasteiger partial charge in [0.15, 0.2) is 5.82 Å². The molecule has 35 heavy (non-hydrogen) atoms. The molecule has 0 saturated carbocycles. The van der Waals surface area contributed by atoms with E-state index in [0.29, 0.717) is 25.2 Å². The van der Waals surface area contributed by atoms with Gasteiger partial charge in [0.2, 0.25) is 0 Å². The smallest absolute Gasteiger partial charge is 0.252 e. The van der Waals surface area contributed by atoms with Crippen LogP contribution >= 0.6 is 0 Å². The Balaban J connectivity index is 1.50. The van der Waals surface area contributed by atoms with Crippen LogP contribution in [0.5, 0.6) is 0 Å². The number of nitrogens with zero attached hydrogens (tertiary/aromatic N) is 5. The first kappa shape index (κ1) is 23.4. The molecule has 0 amide bonds. The van der Waals surface area contributed by atoms with Crippen LogP contribution in [-0.4, -0.2) is 42.8 Å². The van der Waals surface area contributed by atoms with Crippen molar-refractivity contribution < 1.29 is 9.15 Å². The summed E-state index contributed by atoms with van der Waals surface area (Å²) in [4.78, 5) is 18.5. The van der Waals surface area contributed by atoms with Gasteiger partial charge < -0.3 is 14.1 Å². The highest BCUT2D eigenvalue weighted by atomic mass is 16.5. The molecule has 184 valence electrons. The number of ether oxygens (including phenoxy) is 1. The number of pyridine rings is 1. The summed E-state index contributed by atoms with van der Waals surface area (Å²) in [5.74, 6) is 1.60. The molecule has 0 spiro atoms. The zero-order valence-electron chi connectivity index (χ0n) is 20.5. The minimum Gasteiger partial charge on any atom is -0.468 e. The van der Waals surface area contributed by atoms with Gasteiger partial charge in [-0.15, -0.1) is 5.10 Å². The second kappa shape index (κ2) is 10.1. The molecule has 1 fully saturated rings. The maximum atomic E-state index is 13.1. The Morgan fingerprint density at radius 3 is 2.89 bits per heavy atom. The van der Waals surface area contributed by atoms with E-state index in [2.05, 4.69) is 51.4 Å². The number of tetrazole rings is 1. The fourth-order valence-corrected chi connectivity index (χ4v) is 5.11. The van der Waals surface area contributed by atoms with E-state index in [0.717, 1.165) is 53.9 Å². The maximum absolute atomic E-state index is 13.1. The number of aromatic amines is 1. The molecular weight excluding hydrogens is 444 g/mol. The molecule has 9 heteroatoms. The number of benzene rings is 1. The first-order valence-electron chi connectivity index (χ1n) is 12.3. The SMILES string of the molecule is CC[C@@H](c1nnnn1C[C@@H]1CCCO1)N(Cc1ccco1)Cc1cc2cc(C)cc(C)c2[nH]c1=O. The second-order valence-electron chi connectivity index (χ2n) is 9.43. The Hall–Kier alpha value is -3.30. The molecular formula is C26H32N6O3. The second-order valence-corrected chi connectivity index (χ2v) is 9.43. The molecule has 0 bridgehead atoms. The molecule has 0 radical (unpaired) electrons.